The Bertz CT molecular complexity index is 1010. The van der Waals surface area contributed by atoms with Crippen LogP contribution in [0.25, 0.3) is 11.4 Å². The number of nitro benzene ring substituents is 1. The lowest BCUT2D eigenvalue weighted by atomic mass is 9.94. The minimum Gasteiger partial charge on any atom is -0.459 e. The van der Waals surface area contributed by atoms with Gasteiger partial charge in [-0.05, 0) is 25.0 Å². The minimum absolute atomic E-state index is 0.0358. The zero-order chi connectivity index (χ0) is 20.9. The molecule has 0 aliphatic heterocycles. The number of aromatic nitrogens is 2. The molecule has 1 aromatic carbocycles. The van der Waals surface area contributed by atoms with Crippen molar-refractivity contribution in [3.05, 3.63) is 64.4 Å². The van der Waals surface area contributed by atoms with Crippen LogP contribution in [0.1, 0.15) is 48.5 Å². The summed E-state index contributed by atoms with van der Waals surface area (Å²) < 4.78 is 10.6. The number of non-ortho nitro benzene ring substituents is 1. The molecule has 3 aromatic rings. The lowest BCUT2D eigenvalue weighted by Crippen LogP contribution is -2.42. The molecule has 0 atom stereocenters. The normalized spacial score (nSPS) is 14.5. The third-order valence-corrected chi connectivity index (χ3v) is 5.36. The number of hydrogen-bond acceptors (Lipinski definition) is 7. The fourth-order valence-corrected chi connectivity index (χ4v) is 3.83. The van der Waals surface area contributed by atoms with Crippen molar-refractivity contribution >= 4 is 11.6 Å². The van der Waals surface area contributed by atoms with E-state index in [1.54, 1.807) is 24.3 Å². The summed E-state index contributed by atoms with van der Waals surface area (Å²) in [6.45, 7) is 0.431. The molecule has 2 aromatic heterocycles. The van der Waals surface area contributed by atoms with Gasteiger partial charge in [0, 0.05) is 36.7 Å². The topological polar surface area (TPSA) is 116 Å². The molecule has 0 radical (unpaired) electrons. The van der Waals surface area contributed by atoms with Crippen LogP contribution in [0.2, 0.25) is 0 Å². The molecule has 0 spiro atoms. The van der Waals surface area contributed by atoms with Gasteiger partial charge >= 0.3 is 0 Å². The third kappa shape index (κ3) is 4.40. The Labute approximate surface area is 172 Å². The van der Waals surface area contributed by atoms with Gasteiger partial charge in [0.15, 0.2) is 5.76 Å². The first-order chi connectivity index (χ1) is 14.6. The Kier molecular flexibility index (Phi) is 5.87. The highest BCUT2D eigenvalue weighted by molar-refractivity contribution is 5.91. The first kappa shape index (κ1) is 19.8. The predicted molar refractivity (Wildman–Crippen MR) is 107 cm³/mol. The summed E-state index contributed by atoms with van der Waals surface area (Å²) in [6, 6.07) is 9.62. The van der Waals surface area contributed by atoms with Crippen LogP contribution in [0.4, 0.5) is 5.69 Å². The lowest BCUT2D eigenvalue weighted by Gasteiger charge is -2.33. The molecular formula is C21H22N4O5. The molecule has 0 bridgehead atoms. The zero-order valence-electron chi connectivity index (χ0n) is 16.4. The van der Waals surface area contributed by atoms with Crippen molar-refractivity contribution in [1.29, 1.82) is 0 Å². The van der Waals surface area contributed by atoms with Crippen molar-refractivity contribution in [3.63, 3.8) is 0 Å². The molecule has 0 saturated heterocycles. The number of amides is 1. The molecule has 1 amide bonds. The van der Waals surface area contributed by atoms with Gasteiger partial charge in [-0.2, -0.15) is 4.98 Å². The molecule has 156 valence electrons. The number of carbonyl (C=O) groups is 1. The van der Waals surface area contributed by atoms with Gasteiger partial charge < -0.3 is 13.8 Å². The van der Waals surface area contributed by atoms with E-state index in [1.165, 1.54) is 24.8 Å². The number of carbonyl (C=O) groups excluding carboxylic acids is 1. The van der Waals surface area contributed by atoms with Gasteiger partial charge in [0.2, 0.25) is 11.7 Å². The number of nitrogens with zero attached hydrogens (tertiary/aromatic N) is 4. The van der Waals surface area contributed by atoms with Crippen LogP contribution in [0.5, 0.6) is 0 Å². The van der Waals surface area contributed by atoms with Crippen LogP contribution in [0, 0.1) is 10.1 Å². The van der Waals surface area contributed by atoms with Crippen molar-refractivity contribution in [3.8, 4) is 11.4 Å². The van der Waals surface area contributed by atoms with E-state index in [0.717, 1.165) is 25.7 Å². The smallest absolute Gasteiger partial charge is 0.289 e. The monoisotopic (exact) mass is 410 g/mol. The molecule has 9 nitrogen and oxygen atoms in total. The molecule has 9 heteroatoms. The van der Waals surface area contributed by atoms with Crippen LogP contribution >= 0.6 is 0 Å². The van der Waals surface area contributed by atoms with Crippen molar-refractivity contribution in [2.24, 2.45) is 0 Å². The van der Waals surface area contributed by atoms with Crippen LogP contribution in [-0.4, -0.2) is 38.5 Å². The van der Waals surface area contributed by atoms with Crippen molar-refractivity contribution in [2.75, 3.05) is 6.54 Å². The van der Waals surface area contributed by atoms with E-state index < -0.39 is 4.92 Å². The Hall–Kier alpha value is -3.49. The van der Waals surface area contributed by atoms with Crippen LogP contribution in [-0.2, 0) is 6.42 Å². The molecular weight excluding hydrogens is 388 g/mol. The standard InChI is InChI=1S/C21H22N4O5/c26-21(18-10-5-13-29-18)24(16-7-2-1-3-8-16)12-11-19-22-20(23-30-19)15-6-4-9-17(14-15)25(27)28/h4-6,9-10,13-14,16H,1-3,7-8,11-12H2. The molecule has 1 aliphatic rings. The number of nitro groups is 1. The number of benzene rings is 1. The molecule has 30 heavy (non-hydrogen) atoms. The van der Waals surface area contributed by atoms with Gasteiger partial charge in [-0.3, -0.25) is 14.9 Å². The second-order valence-corrected chi connectivity index (χ2v) is 7.34. The third-order valence-electron chi connectivity index (χ3n) is 5.36. The Morgan fingerprint density at radius 1 is 1.20 bits per heavy atom. The molecule has 1 aliphatic carbocycles. The average Bonchev–Trinajstić information content (AvgIpc) is 3.47. The number of hydrogen-bond donors (Lipinski definition) is 0. The summed E-state index contributed by atoms with van der Waals surface area (Å²) in [5.41, 5.74) is 0.473. The molecule has 1 fully saturated rings. The first-order valence-corrected chi connectivity index (χ1v) is 10.0. The molecule has 4 rings (SSSR count). The fourth-order valence-electron chi connectivity index (χ4n) is 3.83. The van der Waals surface area contributed by atoms with Gasteiger partial charge in [0.05, 0.1) is 11.2 Å². The Morgan fingerprint density at radius 2 is 2.03 bits per heavy atom. The second kappa shape index (κ2) is 8.89. The van der Waals surface area contributed by atoms with Crippen molar-refractivity contribution in [2.45, 2.75) is 44.6 Å². The van der Waals surface area contributed by atoms with Gasteiger partial charge in [-0.1, -0.05) is 36.6 Å². The van der Waals surface area contributed by atoms with Gasteiger partial charge in [-0.25, -0.2) is 0 Å². The predicted octanol–water partition coefficient (Wildman–Crippen LogP) is 4.26. The summed E-state index contributed by atoms with van der Waals surface area (Å²) in [5.74, 6) is 0.855. The molecule has 2 heterocycles. The highest BCUT2D eigenvalue weighted by atomic mass is 16.6. The largest absolute Gasteiger partial charge is 0.459 e. The molecule has 0 unspecified atom stereocenters. The minimum atomic E-state index is -0.465. The van der Waals surface area contributed by atoms with Crippen LogP contribution in [0.3, 0.4) is 0 Å². The summed E-state index contributed by atoms with van der Waals surface area (Å²) in [5, 5.41) is 14.9. The average molecular weight is 410 g/mol. The van der Waals surface area contributed by atoms with Crippen LogP contribution in [0.15, 0.2) is 51.6 Å². The molecule has 0 N–H and O–H groups in total. The van der Waals surface area contributed by atoms with E-state index in [0.29, 0.717) is 30.2 Å². The van der Waals surface area contributed by atoms with Crippen molar-refractivity contribution in [1.82, 2.24) is 15.0 Å². The van der Waals surface area contributed by atoms with E-state index in [9.17, 15) is 14.9 Å². The maximum absolute atomic E-state index is 13.0. The van der Waals surface area contributed by atoms with E-state index in [-0.39, 0.29) is 23.5 Å². The summed E-state index contributed by atoms with van der Waals surface area (Å²) in [7, 11) is 0. The fraction of sp³-hybridized carbons (Fsp3) is 0.381. The Balaban J connectivity index is 1.48. The van der Waals surface area contributed by atoms with E-state index in [2.05, 4.69) is 10.1 Å². The summed E-state index contributed by atoms with van der Waals surface area (Å²) >= 11 is 0. The maximum atomic E-state index is 13.0. The highest BCUT2D eigenvalue weighted by Crippen LogP contribution is 2.25. The van der Waals surface area contributed by atoms with Crippen LogP contribution < -0.4 is 0 Å². The summed E-state index contributed by atoms with van der Waals surface area (Å²) in [4.78, 5) is 29.7. The quantitative estimate of drug-likeness (QED) is 0.422. The Morgan fingerprint density at radius 3 is 2.77 bits per heavy atom. The lowest BCUT2D eigenvalue weighted by molar-refractivity contribution is -0.384. The first-order valence-electron chi connectivity index (χ1n) is 10.0. The van der Waals surface area contributed by atoms with E-state index >= 15 is 0 Å². The summed E-state index contributed by atoms with van der Waals surface area (Å²) in [6.07, 6.45) is 7.22. The zero-order valence-corrected chi connectivity index (χ0v) is 16.4. The molecule has 1 saturated carbocycles. The van der Waals surface area contributed by atoms with Gasteiger partial charge in [0.1, 0.15) is 0 Å². The SMILES string of the molecule is O=C(c1ccco1)N(CCc1nc(-c2cccc([N+](=O)[O-])c2)no1)C1CCCCC1. The van der Waals surface area contributed by atoms with E-state index in [4.69, 9.17) is 8.94 Å². The van der Waals surface area contributed by atoms with Crippen molar-refractivity contribution < 1.29 is 18.7 Å². The second-order valence-electron chi connectivity index (χ2n) is 7.34. The number of furan rings is 1. The van der Waals surface area contributed by atoms with Gasteiger partial charge in [-0.15, -0.1) is 0 Å². The highest BCUT2D eigenvalue weighted by Gasteiger charge is 2.28. The maximum Gasteiger partial charge on any atom is 0.289 e. The number of rotatable bonds is 7. The van der Waals surface area contributed by atoms with Gasteiger partial charge in [0.25, 0.3) is 11.6 Å². The van der Waals surface area contributed by atoms with E-state index in [1.807, 2.05) is 4.90 Å².